The first-order chi connectivity index (χ1) is 8.63. The van der Waals surface area contributed by atoms with E-state index >= 15 is 0 Å². The fourth-order valence-corrected chi connectivity index (χ4v) is 2.24. The van der Waals surface area contributed by atoms with Gasteiger partial charge in [0.2, 0.25) is 0 Å². The molecular formula is C15H15ClFN. The zero-order valence-electron chi connectivity index (χ0n) is 10.4. The second kappa shape index (κ2) is 5.51. The highest BCUT2D eigenvalue weighted by molar-refractivity contribution is 6.31. The van der Waals surface area contributed by atoms with Gasteiger partial charge >= 0.3 is 0 Å². The average Bonchev–Trinajstić information content (AvgIpc) is 2.38. The molecule has 94 valence electrons. The second-order valence-electron chi connectivity index (χ2n) is 4.23. The molecule has 1 N–H and O–H groups in total. The number of rotatable bonds is 3. The van der Waals surface area contributed by atoms with Gasteiger partial charge in [-0.1, -0.05) is 41.9 Å². The highest BCUT2D eigenvalue weighted by Crippen LogP contribution is 2.30. The molecule has 0 aliphatic rings. The summed E-state index contributed by atoms with van der Waals surface area (Å²) in [5.74, 6) is -0.233. The second-order valence-corrected chi connectivity index (χ2v) is 4.63. The van der Waals surface area contributed by atoms with Crippen LogP contribution in [-0.4, -0.2) is 7.05 Å². The van der Waals surface area contributed by atoms with Crippen molar-refractivity contribution in [3.63, 3.8) is 0 Å². The van der Waals surface area contributed by atoms with Crippen molar-refractivity contribution in [3.8, 4) is 11.1 Å². The number of halogens is 2. The van der Waals surface area contributed by atoms with E-state index in [-0.39, 0.29) is 11.9 Å². The van der Waals surface area contributed by atoms with Crippen LogP contribution in [0.15, 0.2) is 42.5 Å². The molecule has 0 aliphatic carbocycles. The smallest absolute Gasteiger partial charge is 0.131 e. The normalized spacial score (nSPS) is 12.4. The Kier molecular flexibility index (Phi) is 4.00. The Morgan fingerprint density at radius 3 is 2.50 bits per heavy atom. The monoisotopic (exact) mass is 263 g/mol. The molecule has 3 heteroatoms. The summed E-state index contributed by atoms with van der Waals surface area (Å²) in [5.41, 5.74) is 2.38. The lowest BCUT2D eigenvalue weighted by molar-refractivity contribution is 0.631. The predicted molar refractivity (Wildman–Crippen MR) is 74.3 cm³/mol. The van der Waals surface area contributed by atoms with Crippen LogP contribution in [0.1, 0.15) is 18.5 Å². The van der Waals surface area contributed by atoms with Crippen molar-refractivity contribution in [1.29, 1.82) is 0 Å². The molecule has 0 saturated heterocycles. The van der Waals surface area contributed by atoms with Crippen LogP contribution < -0.4 is 5.32 Å². The molecule has 1 unspecified atom stereocenters. The summed E-state index contributed by atoms with van der Waals surface area (Å²) in [7, 11) is 1.88. The fraction of sp³-hybridized carbons (Fsp3) is 0.200. The minimum Gasteiger partial charge on any atom is -0.313 e. The van der Waals surface area contributed by atoms with Crippen molar-refractivity contribution in [2.45, 2.75) is 13.0 Å². The zero-order chi connectivity index (χ0) is 13.1. The summed E-state index contributed by atoms with van der Waals surface area (Å²) >= 11 is 6.24. The number of benzene rings is 2. The van der Waals surface area contributed by atoms with Crippen molar-refractivity contribution in [2.24, 2.45) is 0 Å². The van der Waals surface area contributed by atoms with Crippen molar-refractivity contribution in [2.75, 3.05) is 7.05 Å². The number of hydrogen-bond donors (Lipinski definition) is 1. The Labute approximate surface area is 112 Å². The van der Waals surface area contributed by atoms with Gasteiger partial charge in [0.1, 0.15) is 5.82 Å². The van der Waals surface area contributed by atoms with E-state index in [1.807, 2.05) is 38.2 Å². The summed E-state index contributed by atoms with van der Waals surface area (Å²) < 4.78 is 13.7. The fourth-order valence-electron chi connectivity index (χ4n) is 1.90. The van der Waals surface area contributed by atoms with E-state index in [9.17, 15) is 4.39 Å². The lowest BCUT2D eigenvalue weighted by Crippen LogP contribution is -2.12. The van der Waals surface area contributed by atoms with Gasteiger partial charge in [-0.2, -0.15) is 0 Å². The number of hydrogen-bond acceptors (Lipinski definition) is 1. The summed E-state index contributed by atoms with van der Waals surface area (Å²) in [6, 6.07) is 12.5. The molecule has 2 aromatic carbocycles. The van der Waals surface area contributed by atoms with Crippen LogP contribution in [0.4, 0.5) is 4.39 Å². The summed E-state index contributed by atoms with van der Waals surface area (Å²) in [6.07, 6.45) is 0. The first-order valence-corrected chi connectivity index (χ1v) is 6.23. The SMILES string of the molecule is CNC(C)c1ccc(-c2ccccc2F)cc1Cl. The van der Waals surface area contributed by atoms with Crippen molar-refractivity contribution in [1.82, 2.24) is 5.32 Å². The van der Waals surface area contributed by atoms with E-state index in [0.717, 1.165) is 11.1 Å². The van der Waals surface area contributed by atoms with E-state index in [4.69, 9.17) is 11.6 Å². The molecule has 0 aliphatic heterocycles. The van der Waals surface area contributed by atoms with Crippen molar-refractivity contribution < 1.29 is 4.39 Å². The molecule has 0 saturated carbocycles. The van der Waals surface area contributed by atoms with E-state index < -0.39 is 0 Å². The quantitative estimate of drug-likeness (QED) is 0.864. The third kappa shape index (κ3) is 2.55. The Bertz CT molecular complexity index is 554. The van der Waals surface area contributed by atoms with Gasteiger partial charge in [0.05, 0.1) is 0 Å². The van der Waals surface area contributed by atoms with E-state index in [1.54, 1.807) is 12.1 Å². The molecule has 0 radical (unpaired) electrons. The Hall–Kier alpha value is -1.38. The predicted octanol–water partition coefficient (Wildman–Crippen LogP) is 4.43. The molecule has 18 heavy (non-hydrogen) atoms. The van der Waals surface area contributed by atoms with Crippen LogP contribution >= 0.6 is 11.6 Å². The molecule has 1 nitrogen and oxygen atoms in total. The van der Waals surface area contributed by atoms with Gasteiger partial charge in [0, 0.05) is 16.6 Å². The van der Waals surface area contributed by atoms with Crippen LogP contribution in [0.2, 0.25) is 5.02 Å². The molecule has 2 aromatic rings. The highest BCUT2D eigenvalue weighted by Gasteiger charge is 2.10. The molecular weight excluding hydrogens is 249 g/mol. The molecule has 2 rings (SSSR count). The van der Waals surface area contributed by atoms with Gasteiger partial charge in [0.15, 0.2) is 0 Å². The molecule has 0 fully saturated rings. The average molecular weight is 264 g/mol. The lowest BCUT2D eigenvalue weighted by atomic mass is 10.0. The molecule has 0 aromatic heterocycles. The van der Waals surface area contributed by atoms with Gasteiger partial charge in [-0.3, -0.25) is 0 Å². The molecule has 0 heterocycles. The minimum atomic E-state index is -0.233. The van der Waals surface area contributed by atoms with Gasteiger partial charge in [-0.25, -0.2) is 4.39 Å². The standard InChI is InChI=1S/C15H15ClFN/c1-10(18-2)12-8-7-11(9-14(12)16)13-5-3-4-6-15(13)17/h3-10,18H,1-2H3. The molecule has 0 spiro atoms. The van der Waals surface area contributed by atoms with Crippen LogP contribution in [0.25, 0.3) is 11.1 Å². The van der Waals surface area contributed by atoms with Crippen molar-refractivity contribution >= 4 is 11.6 Å². The van der Waals surface area contributed by atoms with Crippen molar-refractivity contribution in [3.05, 3.63) is 58.9 Å². The highest BCUT2D eigenvalue weighted by atomic mass is 35.5. The Morgan fingerprint density at radius 2 is 1.89 bits per heavy atom. The van der Waals surface area contributed by atoms with E-state index in [0.29, 0.717) is 10.6 Å². The van der Waals surface area contributed by atoms with Gasteiger partial charge in [-0.15, -0.1) is 0 Å². The maximum Gasteiger partial charge on any atom is 0.131 e. The first-order valence-electron chi connectivity index (χ1n) is 5.85. The minimum absolute atomic E-state index is 0.173. The van der Waals surface area contributed by atoms with E-state index in [1.165, 1.54) is 6.07 Å². The maximum absolute atomic E-state index is 13.7. The van der Waals surface area contributed by atoms with Gasteiger partial charge in [0.25, 0.3) is 0 Å². The topological polar surface area (TPSA) is 12.0 Å². The summed E-state index contributed by atoms with van der Waals surface area (Å²) in [5, 5.41) is 3.78. The molecule has 1 atom stereocenters. The molecule has 0 amide bonds. The van der Waals surface area contributed by atoms with Crippen LogP contribution in [-0.2, 0) is 0 Å². The Balaban J connectivity index is 2.44. The maximum atomic E-state index is 13.7. The Morgan fingerprint density at radius 1 is 1.17 bits per heavy atom. The lowest BCUT2D eigenvalue weighted by Gasteiger charge is -2.14. The largest absolute Gasteiger partial charge is 0.313 e. The third-order valence-corrected chi connectivity index (χ3v) is 3.41. The summed E-state index contributed by atoms with van der Waals surface area (Å²) in [6.45, 7) is 2.03. The van der Waals surface area contributed by atoms with Gasteiger partial charge in [-0.05, 0) is 37.2 Å². The number of nitrogens with one attached hydrogen (secondary N) is 1. The van der Waals surface area contributed by atoms with Gasteiger partial charge < -0.3 is 5.32 Å². The van der Waals surface area contributed by atoms with Crippen LogP contribution in [0.3, 0.4) is 0 Å². The van der Waals surface area contributed by atoms with E-state index in [2.05, 4.69) is 5.32 Å². The first kappa shape index (κ1) is 13.1. The molecule has 0 bridgehead atoms. The van der Waals surface area contributed by atoms with Crippen LogP contribution in [0, 0.1) is 5.82 Å². The zero-order valence-corrected chi connectivity index (χ0v) is 11.1. The van der Waals surface area contributed by atoms with Crippen LogP contribution in [0.5, 0.6) is 0 Å². The third-order valence-electron chi connectivity index (χ3n) is 3.08. The summed E-state index contributed by atoms with van der Waals surface area (Å²) in [4.78, 5) is 0.